The first kappa shape index (κ1) is 108. The van der Waals surface area contributed by atoms with Crippen molar-refractivity contribution >= 4 is 0 Å². The summed E-state index contributed by atoms with van der Waals surface area (Å²) in [6.45, 7) is 27.6. The maximum Gasteiger partial charge on any atom is 0.310 e. The SMILES string of the molecule is F.F.F.F.F.F.F.F.F.F.F.F.F/C=C(\N1CCCC1)N1CCOCC1.F/C=C(\N1CCCCC1)N1CCOCC1.FC(F)=C(N1CCCC1)N1CCOCC1.FC(F)=C(N1CCCCC1)N1CCOCC1.FC(F)=C(N1CCOCC1)N1CCOCC1.FC=C(N1CCOCC1)N1CCOCC1. The van der Waals surface area contributed by atoms with Gasteiger partial charge in [-0.1, -0.05) is 0 Å². The molecule has 0 N–H and O–H groups in total. The second kappa shape index (κ2) is 62.4. The van der Waals surface area contributed by atoms with Crippen molar-refractivity contribution in [2.75, 3.05) is 263 Å². The molecular formula is C62H115F21N12O8. The Morgan fingerprint density at radius 2 is 0.291 bits per heavy atom. The predicted octanol–water partition coefficient (Wildman–Crippen LogP) is 9.07. The molecule has 12 aliphatic heterocycles. The molecule has 103 heavy (non-hydrogen) atoms. The molecule has 41 heteroatoms. The summed E-state index contributed by atoms with van der Waals surface area (Å²) in [7, 11) is 0. The van der Waals surface area contributed by atoms with E-state index in [4.69, 9.17) is 37.9 Å². The monoisotopic (exact) mass is 1550 g/mol. The highest BCUT2D eigenvalue weighted by Gasteiger charge is 2.30. The van der Waals surface area contributed by atoms with E-state index in [1.807, 2.05) is 14.7 Å². The van der Waals surface area contributed by atoms with Gasteiger partial charge in [-0.25, -0.2) is 13.2 Å². The summed E-state index contributed by atoms with van der Waals surface area (Å²) in [5.41, 5.74) is 0. The van der Waals surface area contributed by atoms with Gasteiger partial charge in [0.25, 0.3) is 0 Å². The van der Waals surface area contributed by atoms with E-state index >= 15 is 0 Å². The second-order valence-corrected chi connectivity index (χ2v) is 23.4. The summed E-state index contributed by atoms with van der Waals surface area (Å²) in [5.74, 6) is 2.54. The zero-order valence-corrected chi connectivity index (χ0v) is 58.5. The van der Waals surface area contributed by atoms with Crippen molar-refractivity contribution in [3.8, 4) is 0 Å². The smallest absolute Gasteiger partial charge is 0.310 e. The molecule has 12 fully saturated rings. The normalized spacial score (nSPS) is 20.3. The molecule has 0 amide bonds. The molecule has 0 bridgehead atoms. The summed E-state index contributed by atoms with van der Waals surface area (Å²) in [6, 6.07) is 0. The number of ether oxygens (including phenoxy) is 8. The molecule has 618 valence electrons. The Kier molecular flexibility index (Phi) is 65.6. The quantitative estimate of drug-likeness (QED) is 0.173. The number of hydrogen-bond donors (Lipinski definition) is 0. The molecule has 20 nitrogen and oxygen atoms in total. The highest BCUT2D eigenvalue weighted by Crippen LogP contribution is 2.27. The van der Waals surface area contributed by atoms with Crippen LogP contribution in [-0.2, 0) is 37.9 Å². The van der Waals surface area contributed by atoms with E-state index in [-0.39, 0.29) is 73.9 Å². The summed E-state index contributed by atoms with van der Waals surface area (Å²) >= 11 is 0. The zero-order chi connectivity index (χ0) is 64.3. The second-order valence-electron chi connectivity index (χ2n) is 23.4. The Balaban J connectivity index is -0.000000268. The molecule has 12 saturated heterocycles. The van der Waals surface area contributed by atoms with Crippen molar-refractivity contribution in [2.24, 2.45) is 0 Å². The predicted molar refractivity (Wildman–Crippen MR) is 357 cm³/mol. The zero-order valence-electron chi connectivity index (χ0n) is 58.5. The molecule has 0 unspecified atom stereocenters. The standard InChI is InChI=1S/C11H18F2N2O.C11H19FN2O.C10H16F2N2O2.C10H16F2N2O.C10H17FN2O2.C10H17FN2O.12FH/c12-10(13)11(14-4-2-1-3-5-14)15-6-8-16-9-7-15;12-10-11(13-4-2-1-3-5-13)14-6-8-15-9-7-14;11-9(12)10(13-1-5-15-6-2-13)14-3-7-16-8-4-14;11-9(12)10(13-3-1-2-4-13)14-5-7-15-8-6-14;11-9-10(12-1-5-14-6-2-12)13-3-7-15-8-4-13;11-9-10(12-3-1-2-4-12)13-5-7-14-8-6-13;;;;;;;;;;;;/h1-9H2;10H,1-9H2;1-8H2;1-8H2;9H,1-8H2;9H,1-8H2;12*1H/b;11-10+;;;;10-9+;;;;;;;;;;;;. The van der Waals surface area contributed by atoms with Gasteiger partial charge in [0.05, 0.1) is 106 Å². The van der Waals surface area contributed by atoms with Gasteiger partial charge in [-0.15, -0.1) is 0 Å². The summed E-state index contributed by atoms with van der Waals surface area (Å²) in [6.07, 6.45) is 8.72. The third-order valence-electron chi connectivity index (χ3n) is 17.6. The van der Waals surface area contributed by atoms with Crippen molar-refractivity contribution in [1.29, 1.82) is 0 Å². The lowest BCUT2D eigenvalue weighted by atomic mass is 10.1. The number of morpholine rings is 8. The third-order valence-corrected chi connectivity index (χ3v) is 17.6. The van der Waals surface area contributed by atoms with Gasteiger partial charge in [-0.2, -0.15) is 26.3 Å². The lowest BCUT2D eigenvalue weighted by molar-refractivity contribution is 0.00304. The maximum absolute atomic E-state index is 13.0. The van der Waals surface area contributed by atoms with Crippen molar-refractivity contribution in [3.05, 3.63) is 72.2 Å². The molecule has 0 aromatic carbocycles. The molecule has 12 heterocycles. The maximum atomic E-state index is 13.0. The Morgan fingerprint density at radius 3 is 0.437 bits per heavy atom. The highest BCUT2D eigenvalue weighted by molar-refractivity contribution is 5.07. The Labute approximate surface area is 590 Å². The molecule has 0 aromatic heterocycles. The highest BCUT2D eigenvalue weighted by atomic mass is 19.3. The minimum Gasteiger partial charge on any atom is -0.378 e. The minimum absolute atomic E-state index is 0. The molecule has 0 aliphatic carbocycles. The number of halogens is 21. The summed E-state index contributed by atoms with van der Waals surface area (Å²) in [5, 5.41) is 0. The van der Waals surface area contributed by atoms with Crippen molar-refractivity contribution in [3.63, 3.8) is 0 Å². The first-order valence-electron chi connectivity index (χ1n) is 33.3. The van der Waals surface area contributed by atoms with Gasteiger partial charge in [0.2, 0.25) is 0 Å². The van der Waals surface area contributed by atoms with E-state index in [9.17, 15) is 39.5 Å². The van der Waals surface area contributed by atoms with Crippen LogP contribution in [0.2, 0.25) is 0 Å². The van der Waals surface area contributed by atoms with Gasteiger partial charge in [-0.3, -0.25) is 56.5 Å². The van der Waals surface area contributed by atoms with Crippen LogP contribution in [0.5, 0.6) is 0 Å². The molecule has 12 rings (SSSR count). The van der Waals surface area contributed by atoms with E-state index in [0.29, 0.717) is 170 Å². The van der Waals surface area contributed by atoms with E-state index in [1.54, 1.807) is 24.5 Å². The van der Waals surface area contributed by atoms with Crippen molar-refractivity contribution in [1.82, 2.24) is 58.8 Å². The first-order valence-corrected chi connectivity index (χ1v) is 33.3. The fraction of sp³-hybridized carbons (Fsp3) is 0.806. The minimum atomic E-state index is -1.61. The first-order chi connectivity index (χ1) is 44.6. The average Bonchev–Trinajstić information content (AvgIpc) is 1.06. The number of rotatable bonds is 12. The average molecular weight is 1560 g/mol. The van der Waals surface area contributed by atoms with E-state index in [2.05, 4.69) is 19.6 Å². The molecule has 0 aromatic rings. The van der Waals surface area contributed by atoms with Gasteiger partial charge < -0.3 is 96.7 Å². The van der Waals surface area contributed by atoms with Gasteiger partial charge >= 0.3 is 18.2 Å². The van der Waals surface area contributed by atoms with E-state index in [0.717, 1.165) is 161 Å². The van der Waals surface area contributed by atoms with Crippen LogP contribution in [0, 0.1) is 0 Å². The topological polar surface area (TPSA) is 113 Å². The number of piperidine rings is 2. The van der Waals surface area contributed by atoms with Crippen LogP contribution >= 0.6 is 0 Å². The van der Waals surface area contributed by atoms with Crippen LogP contribution in [0.1, 0.15) is 64.2 Å². The Morgan fingerprint density at radius 1 is 0.175 bits per heavy atom. The summed E-state index contributed by atoms with van der Waals surface area (Å²) in [4.78, 5) is 23.0. The molecule has 12 aliphatic rings. The molecule has 0 atom stereocenters. The van der Waals surface area contributed by atoms with Crippen molar-refractivity contribution < 1.29 is 134 Å². The fourth-order valence-electron chi connectivity index (χ4n) is 12.7. The lowest BCUT2D eigenvalue weighted by Gasteiger charge is -2.38. The van der Waals surface area contributed by atoms with Crippen LogP contribution in [0.15, 0.2) is 72.2 Å². The van der Waals surface area contributed by atoms with E-state index in [1.165, 1.54) is 32.1 Å². The van der Waals surface area contributed by atoms with E-state index < -0.39 is 18.2 Å². The Hall–Kier alpha value is -5.75. The molecular weight excluding hydrogens is 1440 g/mol. The molecule has 0 spiro atoms. The van der Waals surface area contributed by atoms with Crippen molar-refractivity contribution in [2.45, 2.75) is 64.2 Å². The van der Waals surface area contributed by atoms with Crippen LogP contribution in [0.25, 0.3) is 0 Å². The van der Waals surface area contributed by atoms with Gasteiger partial charge in [0.1, 0.15) is 36.5 Å². The van der Waals surface area contributed by atoms with Crippen LogP contribution in [-0.4, -0.2) is 322 Å². The fourth-order valence-corrected chi connectivity index (χ4v) is 12.7. The third kappa shape index (κ3) is 35.9. The Bertz CT molecular complexity index is 2040. The molecule has 0 radical (unpaired) electrons. The number of likely N-dealkylation sites (tertiary alicyclic amines) is 4. The lowest BCUT2D eigenvalue weighted by Crippen LogP contribution is -2.46. The van der Waals surface area contributed by atoms with Gasteiger partial charge in [0.15, 0.2) is 17.5 Å². The summed E-state index contributed by atoms with van der Waals surface area (Å²) < 4.78 is 158. The number of nitrogens with zero attached hydrogens (tertiary/aromatic N) is 12. The van der Waals surface area contributed by atoms with Crippen LogP contribution in [0.3, 0.4) is 0 Å². The largest absolute Gasteiger partial charge is 0.378 e. The van der Waals surface area contributed by atoms with Crippen LogP contribution in [0.4, 0.5) is 96.0 Å². The van der Waals surface area contributed by atoms with Crippen LogP contribution < -0.4 is 0 Å². The van der Waals surface area contributed by atoms with Gasteiger partial charge in [0, 0.05) is 157 Å². The number of hydrogen-bond acceptors (Lipinski definition) is 20. The van der Waals surface area contributed by atoms with Gasteiger partial charge in [-0.05, 0) is 64.2 Å². The molecule has 0 saturated carbocycles.